The van der Waals surface area contributed by atoms with E-state index < -0.39 is 0 Å². The van der Waals surface area contributed by atoms with Gasteiger partial charge in [-0.25, -0.2) is 0 Å². The Kier molecular flexibility index (Phi) is 5.37. The van der Waals surface area contributed by atoms with Gasteiger partial charge in [0.05, 0.1) is 12.3 Å². The van der Waals surface area contributed by atoms with Gasteiger partial charge in [-0.05, 0) is 36.1 Å². The molecule has 0 aliphatic carbocycles. The minimum absolute atomic E-state index is 0.694. The molecule has 19 heavy (non-hydrogen) atoms. The summed E-state index contributed by atoms with van der Waals surface area (Å²) in [6.07, 6.45) is 3.61. The van der Waals surface area contributed by atoms with Crippen molar-refractivity contribution in [2.75, 3.05) is 6.54 Å². The van der Waals surface area contributed by atoms with E-state index in [0.29, 0.717) is 6.54 Å². The Bertz CT molecular complexity index is 586. The molecule has 4 heteroatoms. The van der Waals surface area contributed by atoms with E-state index in [1.807, 2.05) is 18.2 Å². The molecule has 0 saturated carbocycles. The van der Waals surface area contributed by atoms with Crippen molar-refractivity contribution in [3.63, 3.8) is 0 Å². The van der Waals surface area contributed by atoms with Crippen LogP contribution in [0.5, 0.6) is 0 Å². The lowest BCUT2D eigenvalue weighted by molar-refractivity contribution is 1.13. The predicted molar refractivity (Wildman–Crippen MR) is 89.5 cm³/mol. The van der Waals surface area contributed by atoms with Gasteiger partial charge in [-0.2, -0.15) is 0 Å². The zero-order valence-corrected chi connectivity index (χ0v) is 13.0. The summed E-state index contributed by atoms with van der Waals surface area (Å²) in [6, 6.07) is 8.23. The van der Waals surface area contributed by atoms with Gasteiger partial charge in [0.15, 0.2) is 0 Å². The predicted octanol–water partition coefficient (Wildman–Crippen LogP) is 5.05. The van der Waals surface area contributed by atoms with Gasteiger partial charge in [-0.1, -0.05) is 41.6 Å². The van der Waals surface area contributed by atoms with Crippen LogP contribution >= 0.6 is 36.0 Å². The van der Waals surface area contributed by atoms with Gasteiger partial charge in [-0.15, -0.1) is 12.6 Å². The topological polar surface area (TPSA) is 12.4 Å². The number of thioether (sulfide) groups is 1. The highest BCUT2D eigenvalue weighted by Gasteiger charge is 2.13. The van der Waals surface area contributed by atoms with E-state index in [1.54, 1.807) is 17.8 Å². The van der Waals surface area contributed by atoms with Crippen molar-refractivity contribution in [2.45, 2.75) is 11.8 Å². The molecule has 0 fully saturated rings. The lowest BCUT2D eigenvalue weighted by Crippen LogP contribution is -2.06. The summed E-state index contributed by atoms with van der Waals surface area (Å²) < 4.78 is 0. The van der Waals surface area contributed by atoms with Gasteiger partial charge in [0.2, 0.25) is 0 Å². The first-order valence-corrected chi connectivity index (χ1v) is 7.61. The molecule has 0 atom stereocenters. The van der Waals surface area contributed by atoms with Crippen LogP contribution < -0.4 is 0 Å². The first kappa shape index (κ1) is 14.5. The van der Waals surface area contributed by atoms with E-state index in [1.165, 1.54) is 16.0 Å². The molecule has 98 valence electrons. The number of hydrogen-bond donors (Lipinski definition) is 1. The summed E-state index contributed by atoms with van der Waals surface area (Å²) in [5, 5.41) is 2.15. The number of aliphatic imine (C=N–C) groups is 1. The van der Waals surface area contributed by atoms with Crippen molar-refractivity contribution in [3.05, 3.63) is 63.4 Å². The molecule has 1 aromatic carbocycles. The van der Waals surface area contributed by atoms with Crippen LogP contribution in [0.2, 0.25) is 0 Å². The van der Waals surface area contributed by atoms with Crippen LogP contribution in [0.3, 0.4) is 0 Å². The molecule has 1 aliphatic rings. The maximum Gasteiger partial charge on any atom is 0.0795 e. The number of allylic oxidation sites excluding steroid dienone is 3. The summed E-state index contributed by atoms with van der Waals surface area (Å²) >= 11 is 11.8. The Morgan fingerprint density at radius 2 is 2.21 bits per heavy atom. The zero-order valence-electron chi connectivity index (χ0n) is 10.5. The molecule has 1 aromatic rings. The number of fused-ring (bicyclic) bond motifs is 1. The first-order chi connectivity index (χ1) is 9.22. The summed E-state index contributed by atoms with van der Waals surface area (Å²) in [6.45, 7) is 2.78. The lowest BCUT2D eigenvalue weighted by atomic mass is 10.1. The minimum atomic E-state index is 0.694. The van der Waals surface area contributed by atoms with E-state index in [0.717, 1.165) is 16.2 Å². The molecule has 0 aromatic heterocycles. The lowest BCUT2D eigenvalue weighted by Gasteiger charge is -2.14. The van der Waals surface area contributed by atoms with Crippen molar-refractivity contribution in [1.82, 2.24) is 0 Å². The third-order valence-electron chi connectivity index (χ3n) is 2.59. The third-order valence-corrected chi connectivity index (χ3v) is 4.22. The fourth-order valence-electron chi connectivity index (χ4n) is 1.68. The molecule has 1 heterocycles. The normalized spacial score (nSPS) is 19.2. The molecule has 0 spiro atoms. The van der Waals surface area contributed by atoms with Crippen molar-refractivity contribution in [2.24, 2.45) is 4.99 Å². The van der Waals surface area contributed by atoms with Crippen LogP contribution in [0.1, 0.15) is 12.5 Å². The molecule has 0 N–H and O–H groups in total. The number of hydrogen-bond acceptors (Lipinski definition) is 3. The van der Waals surface area contributed by atoms with Crippen LogP contribution in [-0.4, -0.2) is 12.3 Å². The van der Waals surface area contributed by atoms with E-state index >= 15 is 0 Å². The second-order valence-electron chi connectivity index (χ2n) is 4.11. The summed E-state index contributed by atoms with van der Waals surface area (Å²) in [7, 11) is 0. The molecule has 0 bridgehead atoms. The van der Waals surface area contributed by atoms with Crippen LogP contribution in [0.4, 0.5) is 0 Å². The van der Waals surface area contributed by atoms with Crippen molar-refractivity contribution >= 4 is 41.7 Å². The van der Waals surface area contributed by atoms with E-state index in [2.05, 4.69) is 42.1 Å². The Balaban J connectivity index is 2.51. The Morgan fingerprint density at radius 3 is 3.00 bits per heavy atom. The Labute approximate surface area is 128 Å². The number of thiol groups is 1. The molecule has 0 amide bonds. The van der Waals surface area contributed by atoms with Crippen LogP contribution in [-0.2, 0) is 0 Å². The monoisotopic (exact) mass is 307 g/mol. The third kappa shape index (κ3) is 3.78. The molecular formula is C15H14ClNS2. The van der Waals surface area contributed by atoms with E-state index in [4.69, 9.17) is 11.6 Å². The molecule has 2 rings (SSSR count). The molecule has 1 nitrogen and oxygen atoms in total. The van der Waals surface area contributed by atoms with Gasteiger partial charge < -0.3 is 0 Å². The standard InChI is InChI=1S/C15H14ClNS2/c1-11-9-17-15(13(18)6-4-8-16)12-5-2-3-7-14(12)19-10-11/h2-8,10,18H,9H2,1H3/b8-4+,11-10-,13-6-,17-15?. The zero-order chi connectivity index (χ0) is 13.7. The fraction of sp³-hybridized carbons (Fsp3) is 0.133. The quantitative estimate of drug-likeness (QED) is 0.595. The van der Waals surface area contributed by atoms with Crippen molar-refractivity contribution in [1.29, 1.82) is 0 Å². The molecule has 0 unspecified atom stereocenters. The summed E-state index contributed by atoms with van der Waals surface area (Å²) in [5.74, 6) is 0. The average molecular weight is 308 g/mol. The molecule has 0 radical (unpaired) electrons. The van der Waals surface area contributed by atoms with Crippen molar-refractivity contribution in [3.8, 4) is 0 Å². The highest BCUT2D eigenvalue weighted by atomic mass is 35.5. The maximum atomic E-state index is 5.55. The van der Waals surface area contributed by atoms with Gasteiger partial charge in [-0.3, -0.25) is 4.99 Å². The van der Waals surface area contributed by atoms with E-state index in [-0.39, 0.29) is 0 Å². The highest BCUT2D eigenvalue weighted by molar-refractivity contribution is 8.02. The van der Waals surface area contributed by atoms with Crippen LogP contribution in [0, 0.1) is 0 Å². The Morgan fingerprint density at radius 1 is 1.42 bits per heavy atom. The second kappa shape index (κ2) is 7.04. The smallest absolute Gasteiger partial charge is 0.0795 e. The van der Waals surface area contributed by atoms with Gasteiger partial charge in [0.1, 0.15) is 0 Å². The van der Waals surface area contributed by atoms with Gasteiger partial charge in [0.25, 0.3) is 0 Å². The fourth-order valence-corrected chi connectivity index (χ4v) is 2.88. The number of rotatable bonds is 2. The Hall–Kier alpha value is -0.900. The van der Waals surface area contributed by atoms with Gasteiger partial charge in [0, 0.05) is 20.9 Å². The maximum absolute atomic E-state index is 5.55. The highest BCUT2D eigenvalue weighted by Crippen LogP contribution is 2.29. The number of halogens is 1. The SMILES string of the molecule is C/C1=C/Sc2ccccc2C(/C(S)=C/C=C/Cl)=NC1. The summed E-state index contributed by atoms with van der Waals surface area (Å²) in [5.41, 5.74) is 4.73. The first-order valence-electron chi connectivity index (χ1n) is 5.85. The van der Waals surface area contributed by atoms with Crippen LogP contribution in [0.25, 0.3) is 0 Å². The number of nitrogens with zero attached hydrogens (tertiary/aromatic N) is 1. The largest absolute Gasteiger partial charge is 0.279 e. The summed E-state index contributed by atoms with van der Waals surface area (Å²) in [4.78, 5) is 6.68. The minimum Gasteiger partial charge on any atom is -0.279 e. The van der Waals surface area contributed by atoms with Crippen LogP contribution in [0.15, 0.2) is 67.7 Å². The molecular weight excluding hydrogens is 294 g/mol. The molecule has 0 saturated heterocycles. The van der Waals surface area contributed by atoms with Crippen molar-refractivity contribution < 1.29 is 0 Å². The molecule has 1 aliphatic heterocycles. The average Bonchev–Trinajstić information content (AvgIpc) is 2.42. The number of benzene rings is 1. The van der Waals surface area contributed by atoms with E-state index in [9.17, 15) is 0 Å². The van der Waals surface area contributed by atoms with Gasteiger partial charge >= 0.3 is 0 Å². The second-order valence-corrected chi connectivity index (χ2v) is 5.76.